The van der Waals surface area contributed by atoms with E-state index in [9.17, 15) is 10.1 Å². The maximum Gasteiger partial charge on any atom is 0.271 e. The number of nitrogens with two attached hydrogens (primary N) is 2. The van der Waals surface area contributed by atoms with Crippen molar-refractivity contribution in [1.29, 1.82) is 0 Å². The fraction of sp³-hybridized carbons (Fsp3) is 0.467. The van der Waals surface area contributed by atoms with Gasteiger partial charge in [0, 0.05) is 19.2 Å². The number of anilines is 2. The molecule has 0 unspecified atom stereocenters. The highest BCUT2D eigenvalue weighted by atomic mass is 16.6. The first-order chi connectivity index (χ1) is 11.5. The van der Waals surface area contributed by atoms with Gasteiger partial charge in [0.25, 0.3) is 5.69 Å². The van der Waals surface area contributed by atoms with E-state index in [2.05, 4.69) is 15.3 Å². The van der Waals surface area contributed by atoms with Crippen molar-refractivity contribution < 1.29 is 4.92 Å². The van der Waals surface area contributed by atoms with E-state index in [1.807, 2.05) is 4.90 Å². The van der Waals surface area contributed by atoms with Crippen LogP contribution in [0.25, 0.3) is 0 Å². The van der Waals surface area contributed by atoms with Crippen LogP contribution in [0.5, 0.6) is 0 Å². The summed E-state index contributed by atoms with van der Waals surface area (Å²) in [4.78, 5) is 21.2. The number of nitro benzene ring substituents is 1. The second kappa shape index (κ2) is 5.99. The van der Waals surface area contributed by atoms with E-state index in [0.29, 0.717) is 11.4 Å². The third-order valence-corrected chi connectivity index (χ3v) is 4.55. The Morgan fingerprint density at radius 1 is 1.29 bits per heavy atom. The molecule has 2 aliphatic rings. The smallest absolute Gasteiger partial charge is 0.271 e. The molecule has 1 aromatic carbocycles. The number of hydrogen-bond donors (Lipinski definition) is 3. The summed E-state index contributed by atoms with van der Waals surface area (Å²) in [5.74, 6) is 0.438. The van der Waals surface area contributed by atoms with Crippen LogP contribution in [0.4, 0.5) is 17.1 Å². The van der Waals surface area contributed by atoms with Gasteiger partial charge in [-0.15, -0.1) is 0 Å². The van der Waals surface area contributed by atoms with Crippen molar-refractivity contribution in [2.45, 2.75) is 37.8 Å². The average Bonchev–Trinajstić information content (AvgIpc) is 2.54. The Labute approximate surface area is 139 Å². The van der Waals surface area contributed by atoms with Crippen molar-refractivity contribution >= 4 is 29.0 Å². The third-order valence-electron chi connectivity index (χ3n) is 4.55. The number of hydrogen-bond acceptors (Lipinski definition) is 8. The first-order valence-electron chi connectivity index (χ1n) is 7.93. The molecule has 0 radical (unpaired) electrons. The molecule has 1 aromatic rings. The first kappa shape index (κ1) is 16.0. The minimum atomic E-state index is -0.574. The highest BCUT2D eigenvalue weighted by molar-refractivity contribution is 6.07. The number of non-ortho nitro benzene ring substituents is 1. The minimum absolute atomic E-state index is 0.0105. The van der Waals surface area contributed by atoms with Crippen LogP contribution in [0.1, 0.15) is 32.1 Å². The number of nitro groups is 1. The van der Waals surface area contributed by atoms with Crippen LogP contribution in [0.15, 0.2) is 28.2 Å². The molecule has 1 fully saturated rings. The van der Waals surface area contributed by atoms with E-state index in [1.165, 1.54) is 12.1 Å². The van der Waals surface area contributed by atoms with Crippen molar-refractivity contribution in [3.05, 3.63) is 28.3 Å². The third kappa shape index (κ3) is 2.61. The van der Waals surface area contributed by atoms with Crippen molar-refractivity contribution in [3.63, 3.8) is 0 Å². The molecule has 9 heteroatoms. The number of benzene rings is 1. The summed E-state index contributed by atoms with van der Waals surface area (Å²) in [6.45, 7) is 0. The van der Waals surface area contributed by atoms with E-state index in [4.69, 9.17) is 11.5 Å². The Kier molecular flexibility index (Phi) is 4.00. The van der Waals surface area contributed by atoms with E-state index in [1.54, 1.807) is 13.1 Å². The molecule has 9 nitrogen and oxygen atoms in total. The highest BCUT2D eigenvalue weighted by Gasteiger charge is 2.43. The van der Waals surface area contributed by atoms with Gasteiger partial charge in [0.15, 0.2) is 0 Å². The molecule has 0 bridgehead atoms. The molecule has 0 amide bonds. The largest absolute Gasteiger partial charge is 0.386 e. The lowest BCUT2D eigenvalue weighted by molar-refractivity contribution is -0.384. The Morgan fingerprint density at radius 2 is 2.00 bits per heavy atom. The van der Waals surface area contributed by atoms with Crippen molar-refractivity contribution in [2.75, 3.05) is 17.3 Å². The van der Waals surface area contributed by atoms with Gasteiger partial charge in [-0.1, -0.05) is 6.42 Å². The molecule has 1 heterocycles. The molecular formula is C15H21N7O2. The standard InChI is InChI=1S/C15H21N7O2/c1-18-11-9-10(22(23)24)5-6-12(11)21-14(17)19-13(16)20-15(21)7-3-2-4-8-15/h5-6,9,18H,2-4,7-8H2,1H3,(H4,16,17,19,20). The molecule has 128 valence electrons. The van der Waals surface area contributed by atoms with E-state index in [0.717, 1.165) is 32.1 Å². The number of guanidine groups is 2. The summed E-state index contributed by atoms with van der Waals surface area (Å²) < 4.78 is 0. The van der Waals surface area contributed by atoms with Crippen molar-refractivity contribution in [2.24, 2.45) is 21.5 Å². The quantitative estimate of drug-likeness (QED) is 0.570. The first-order valence-corrected chi connectivity index (χ1v) is 7.93. The summed E-state index contributed by atoms with van der Waals surface area (Å²) in [7, 11) is 1.71. The normalized spacial score (nSPS) is 19.6. The Morgan fingerprint density at radius 3 is 2.62 bits per heavy atom. The zero-order valence-corrected chi connectivity index (χ0v) is 13.5. The molecule has 1 spiro atoms. The van der Waals surface area contributed by atoms with Crippen molar-refractivity contribution in [3.8, 4) is 0 Å². The van der Waals surface area contributed by atoms with Gasteiger partial charge in [-0.25, -0.2) is 4.99 Å². The molecule has 3 rings (SSSR count). The zero-order valence-electron chi connectivity index (χ0n) is 13.5. The van der Waals surface area contributed by atoms with Gasteiger partial charge < -0.3 is 16.8 Å². The van der Waals surface area contributed by atoms with Gasteiger partial charge in [0.05, 0.1) is 16.3 Å². The van der Waals surface area contributed by atoms with Gasteiger partial charge >= 0.3 is 0 Å². The molecule has 0 saturated heterocycles. The molecule has 0 atom stereocenters. The Hall–Kier alpha value is -2.84. The SMILES string of the molecule is CNc1cc([N+](=O)[O-])ccc1N1C(N)=NC(N)=NC12CCCCC2. The topological polar surface area (TPSA) is 135 Å². The van der Waals surface area contributed by atoms with Crippen LogP contribution < -0.4 is 21.7 Å². The lowest BCUT2D eigenvalue weighted by atomic mass is 9.87. The van der Waals surface area contributed by atoms with Crippen LogP contribution in [-0.2, 0) is 0 Å². The lowest BCUT2D eigenvalue weighted by Gasteiger charge is -2.46. The summed E-state index contributed by atoms with van der Waals surface area (Å²) in [6, 6.07) is 4.63. The molecule has 1 aliphatic carbocycles. The van der Waals surface area contributed by atoms with E-state index < -0.39 is 10.6 Å². The van der Waals surface area contributed by atoms with Crippen LogP contribution in [0, 0.1) is 10.1 Å². The van der Waals surface area contributed by atoms with Crippen molar-refractivity contribution in [1.82, 2.24) is 0 Å². The van der Waals surface area contributed by atoms with Crippen LogP contribution in [-0.4, -0.2) is 29.6 Å². The Balaban J connectivity index is 2.12. The number of nitrogens with zero attached hydrogens (tertiary/aromatic N) is 4. The predicted molar refractivity (Wildman–Crippen MR) is 94.2 cm³/mol. The molecule has 1 saturated carbocycles. The average molecular weight is 331 g/mol. The molecule has 0 aromatic heterocycles. The molecule has 24 heavy (non-hydrogen) atoms. The van der Waals surface area contributed by atoms with Gasteiger partial charge in [-0.2, -0.15) is 4.99 Å². The highest BCUT2D eigenvalue weighted by Crippen LogP contribution is 2.42. The second-order valence-electron chi connectivity index (χ2n) is 6.03. The number of nitrogens with one attached hydrogen (secondary N) is 1. The molecule has 5 N–H and O–H groups in total. The van der Waals surface area contributed by atoms with Crippen LogP contribution >= 0.6 is 0 Å². The summed E-state index contributed by atoms with van der Waals surface area (Å²) >= 11 is 0. The predicted octanol–water partition coefficient (Wildman–Crippen LogP) is 1.75. The summed E-state index contributed by atoms with van der Waals surface area (Å²) in [5, 5.41) is 14.0. The fourth-order valence-electron chi connectivity index (χ4n) is 3.50. The fourth-order valence-corrected chi connectivity index (χ4v) is 3.50. The summed E-state index contributed by atoms with van der Waals surface area (Å²) in [6.07, 6.45) is 4.79. The maximum absolute atomic E-state index is 11.0. The van der Waals surface area contributed by atoms with Crippen LogP contribution in [0.2, 0.25) is 0 Å². The zero-order chi connectivity index (χ0) is 17.3. The van der Waals surface area contributed by atoms with Crippen LogP contribution in [0.3, 0.4) is 0 Å². The lowest BCUT2D eigenvalue weighted by Crippen LogP contribution is -2.58. The second-order valence-corrected chi connectivity index (χ2v) is 6.03. The molecular weight excluding hydrogens is 310 g/mol. The van der Waals surface area contributed by atoms with Gasteiger partial charge in [-0.3, -0.25) is 15.0 Å². The van der Waals surface area contributed by atoms with Gasteiger partial charge in [-0.05, 0) is 31.7 Å². The minimum Gasteiger partial charge on any atom is -0.386 e. The van der Waals surface area contributed by atoms with E-state index >= 15 is 0 Å². The molecule has 1 aliphatic heterocycles. The monoisotopic (exact) mass is 331 g/mol. The van der Waals surface area contributed by atoms with Gasteiger partial charge in [0.2, 0.25) is 11.9 Å². The van der Waals surface area contributed by atoms with Gasteiger partial charge in [0.1, 0.15) is 5.66 Å². The Bertz CT molecular complexity index is 723. The van der Waals surface area contributed by atoms with E-state index in [-0.39, 0.29) is 17.6 Å². The summed E-state index contributed by atoms with van der Waals surface area (Å²) in [5.41, 5.74) is 12.8. The maximum atomic E-state index is 11.0. The number of aliphatic imine (C=N–C) groups is 2. The number of rotatable bonds is 3.